The number of benzene rings is 2. The topological polar surface area (TPSA) is 110 Å². The second-order valence-corrected chi connectivity index (χ2v) is 9.36. The minimum atomic E-state index is -3.80. The molecule has 1 amide bonds. The predicted molar refractivity (Wildman–Crippen MR) is 118 cm³/mol. The number of piperidine rings is 1. The average molecular weight is 460 g/mol. The molecule has 10 heteroatoms. The standard InChI is InChI=1S/C21H22ClN5O3S/c22-16-6-8-17(9-7-16)27-20(15-4-10-18(11-5-15)31(23,29)30)14-19(24-27)21(28)25-26-12-2-1-3-13-26/h4-11,14H,1-3,12-13H2,(H,25,28)(H2,23,29,30). The molecule has 2 heterocycles. The van der Waals surface area contributed by atoms with E-state index in [9.17, 15) is 13.2 Å². The number of amides is 1. The number of rotatable bonds is 5. The van der Waals surface area contributed by atoms with Crippen LogP contribution in [-0.2, 0) is 10.0 Å². The van der Waals surface area contributed by atoms with E-state index < -0.39 is 10.0 Å². The lowest BCUT2D eigenvalue weighted by Gasteiger charge is -2.26. The summed E-state index contributed by atoms with van der Waals surface area (Å²) in [7, 11) is -3.80. The zero-order chi connectivity index (χ0) is 22.0. The first kappa shape index (κ1) is 21.5. The molecule has 31 heavy (non-hydrogen) atoms. The quantitative estimate of drug-likeness (QED) is 0.609. The van der Waals surface area contributed by atoms with Crippen LogP contribution in [0, 0.1) is 0 Å². The molecule has 1 fully saturated rings. The van der Waals surface area contributed by atoms with Crippen molar-refractivity contribution in [3.05, 3.63) is 65.3 Å². The Morgan fingerprint density at radius 3 is 2.26 bits per heavy atom. The number of nitrogens with one attached hydrogen (secondary N) is 1. The van der Waals surface area contributed by atoms with Gasteiger partial charge in [0, 0.05) is 23.7 Å². The predicted octanol–water partition coefficient (Wildman–Crippen LogP) is 2.97. The van der Waals surface area contributed by atoms with Crippen LogP contribution in [0.3, 0.4) is 0 Å². The van der Waals surface area contributed by atoms with Gasteiger partial charge in [-0.2, -0.15) is 5.10 Å². The number of hydrazine groups is 1. The zero-order valence-electron chi connectivity index (χ0n) is 16.7. The highest BCUT2D eigenvalue weighted by atomic mass is 35.5. The molecule has 0 bridgehead atoms. The van der Waals surface area contributed by atoms with Crippen molar-refractivity contribution >= 4 is 27.5 Å². The molecule has 3 N–H and O–H groups in total. The third kappa shape index (κ3) is 4.96. The normalized spacial score (nSPS) is 15.0. The van der Waals surface area contributed by atoms with Crippen LogP contribution >= 0.6 is 11.6 Å². The van der Waals surface area contributed by atoms with Gasteiger partial charge in [-0.1, -0.05) is 30.2 Å². The van der Waals surface area contributed by atoms with Crippen molar-refractivity contribution in [1.82, 2.24) is 20.2 Å². The lowest BCUT2D eigenvalue weighted by molar-refractivity contribution is 0.0744. The Morgan fingerprint density at radius 2 is 1.65 bits per heavy atom. The lowest BCUT2D eigenvalue weighted by atomic mass is 10.1. The van der Waals surface area contributed by atoms with E-state index in [0.29, 0.717) is 22.0 Å². The molecule has 2 aromatic carbocycles. The molecule has 1 aliphatic heterocycles. The third-order valence-corrected chi connectivity index (χ3v) is 6.29. The fourth-order valence-corrected chi connectivity index (χ4v) is 4.14. The summed E-state index contributed by atoms with van der Waals surface area (Å²) >= 11 is 6.01. The molecule has 0 spiro atoms. The van der Waals surface area contributed by atoms with Gasteiger partial charge >= 0.3 is 0 Å². The van der Waals surface area contributed by atoms with Gasteiger partial charge in [0.05, 0.1) is 16.3 Å². The molecular formula is C21H22ClN5O3S. The largest absolute Gasteiger partial charge is 0.286 e. The molecule has 0 saturated carbocycles. The molecule has 1 aliphatic rings. The molecule has 1 aromatic heterocycles. The van der Waals surface area contributed by atoms with Crippen LogP contribution in [0.25, 0.3) is 16.9 Å². The van der Waals surface area contributed by atoms with Crippen LogP contribution in [0.4, 0.5) is 0 Å². The van der Waals surface area contributed by atoms with Gasteiger partial charge in [-0.15, -0.1) is 0 Å². The Kier molecular flexibility index (Phi) is 6.10. The molecule has 8 nitrogen and oxygen atoms in total. The Bertz CT molecular complexity index is 1180. The van der Waals surface area contributed by atoms with Crippen molar-refractivity contribution in [2.45, 2.75) is 24.2 Å². The highest BCUT2D eigenvalue weighted by Crippen LogP contribution is 2.26. The molecule has 0 radical (unpaired) electrons. The molecule has 3 aromatic rings. The van der Waals surface area contributed by atoms with E-state index in [0.717, 1.165) is 32.4 Å². The molecule has 1 saturated heterocycles. The van der Waals surface area contributed by atoms with Gasteiger partial charge < -0.3 is 0 Å². The minimum Gasteiger partial charge on any atom is -0.283 e. The number of primary sulfonamides is 1. The van der Waals surface area contributed by atoms with Gasteiger partial charge in [-0.25, -0.2) is 23.2 Å². The number of nitrogens with two attached hydrogens (primary N) is 1. The first-order chi connectivity index (χ1) is 14.8. The molecule has 4 rings (SSSR count). The van der Waals surface area contributed by atoms with Gasteiger partial charge in [0.2, 0.25) is 10.0 Å². The van der Waals surface area contributed by atoms with Crippen molar-refractivity contribution in [2.24, 2.45) is 5.14 Å². The molecule has 0 aliphatic carbocycles. The molecule has 162 valence electrons. The second-order valence-electron chi connectivity index (χ2n) is 7.36. The fourth-order valence-electron chi connectivity index (χ4n) is 3.50. The number of nitrogens with zero attached hydrogens (tertiary/aromatic N) is 3. The van der Waals surface area contributed by atoms with Crippen LogP contribution in [0.15, 0.2) is 59.5 Å². The van der Waals surface area contributed by atoms with Crippen molar-refractivity contribution in [1.29, 1.82) is 0 Å². The monoisotopic (exact) mass is 459 g/mol. The van der Waals surface area contributed by atoms with Gasteiger partial charge in [-0.3, -0.25) is 10.2 Å². The SMILES string of the molecule is NS(=O)(=O)c1ccc(-c2cc(C(=O)NN3CCCCC3)nn2-c2ccc(Cl)cc2)cc1. The second kappa shape index (κ2) is 8.80. The van der Waals surface area contributed by atoms with E-state index >= 15 is 0 Å². The highest BCUT2D eigenvalue weighted by molar-refractivity contribution is 7.89. The summed E-state index contributed by atoms with van der Waals surface area (Å²) in [5, 5.41) is 12.2. The molecule has 0 atom stereocenters. The first-order valence-corrected chi connectivity index (χ1v) is 11.8. The van der Waals surface area contributed by atoms with Crippen molar-refractivity contribution in [2.75, 3.05) is 13.1 Å². The molecule has 0 unspecified atom stereocenters. The fraction of sp³-hybridized carbons (Fsp3) is 0.238. The van der Waals surface area contributed by atoms with E-state index in [1.54, 1.807) is 47.1 Å². The zero-order valence-corrected chi connectivity index (χ0v) is 18.2. The summed E-state index contributed by atoms with van der Waals surface area (Å²) in [6, 6.07) is 14.9. The van der Waals surface area contributed by atoms with E-state index in [4.69, 9.17) is 16.7 Å². The number of hydrogen-bond donors (Lipinski definition) is 2. The van der Waals surface area contributed by atoms with E-state index in [2.05, 4.69) is 10.5 Å². The van der Waals surface area contributed by atoms with Crippen molar-refractivity contribution < 1.29 is 13.2 Å². The maximum Gasteiger partial charge on any atom is 0.286 e. The number of carbonyl (C=O) groups excluding carboxylic acids is 1. The van der Waals surface area contributed by atoms with Crippen LogP contribution in [-0.4, -0.2) is 42.2 Å². The van der Waals surface area contributed by atoms with Gasteiger partial charge in [-0.05, 0) is 55.3 Å². The van der Waals surface area contributed by atoms with E-state index in [-0.39, 0.29) is 16.5 Å². The number of sulfonamides is 1. The Morgan fingerprint density at radius 1 is 1.00 bits per heavy atom. The summed E-state index contributed by atoms with van der Waals surface area (Å²) in [4.78, 5) is 12.8. The maximum absolute atomic E-state index is 12.8. The first-order valence-electron chi connectivity index (χ1n) is 9.86. The van der Waals surface area contributed by atoms with Crippen LogP contribution < -0.4 is 10.6 Å². The number of hydrogen-bond acceptors (Lipinski definition) is 5. The Hall–Kier alpha value is -2.72. The summed E-state index contributed by atoms with van der Waals surface area (Å²) in [6.45, 7) is 1.62. The smallest absolute Gasteiger partial charge is 0.283 e. The van der Waals surface area contributed by atoms with Gasteiger partial charge in [0.15, 0.2) is 5.69 Å². The lowest BCUT2D eigenvalue weighted by Crippen LogP contribution is -2.45. The highest BCUT2D eigenvalue weighted by Gasteiger charge is 2.20. The summed E-state index contributed by atoms with van der Waals surface area (Å²) in [5.41, 5.74) is 5.21. The Labute approximate surface area is 185 Å². The average Bonchev–Trinajstić information content (AvgIpc) is 3.20. The van der Waals surface area contributed by atoms with Crippen LogP contribution in [0.2, 0.25) is 5.02 Å². The maximum atomic E-state index is 12.8. The summed E-state index contributed by atoms with van der Waals surface area (Å²) in [5.74, 6) is -0.294. The summed E-state index contributed by atoms with van der Waals surface area (Å²) in [6.07, 6.45) is 3.25. The van der Waals surface area contributed by atoms with E-state index in [1.165, 1.54) is 12.1 Å². The number of carbonyl (C=O) groups is 1. The van der Waals surface area contributed by atoms with Crippen LogP contribution in [0.5, 0.6) is 0 Å². The van der Waals surface area contributed by atoms with Gasteiger partial charge in [0.1, 0.15) is 0 Å². The van der Waals surface area contributed by atoms with Crippen molar-refractivity contribution in [3.8, 4) is 16.9 Å². The van der Waals surface area contributed by atoms with Gasteiger partial charge in [0.25, 0.3) is 5.91 Å². The minimum absolute atomic E-state index is 0.0110. The number of halogens is 1. The van der Waals surface area contributed by atoms with E-state index in [1.807, 2.05) is 5.01 Å². The molecular weight excluding hydrogens is 438 g/mol. The Balaban J connectivity index is 1.71. The summed E-state index contributed by atoms with van der Waals surface area (Å²) < 4.78 is 24.8. The van der Waals surface area contributed by atoms with Crippen LogP contribution in [0.1, 0.15) is 29.8 Å². The van der Waals surface area contributed by atoms with Crippen molar-refractivity contribution in [3.63, 3.8) is 0 Å². The number of aromatic nitrogens is 2. The third-order valence-electron chi connectivity index (χ3n) is 5.11.